The molecule has 1 aliphatic heterocycles. The first-order valence-electron chi connectivity index (χ1n) is 12.5. The summed E-state index contributed by atoms with van der Waals surface area (Å²) in [4.78, 5) is 19.7. The molecule has 186 valence electrons. The zero-order valence-corrected chi connectivity index (χ0v) is 20.8. The Labute approximate surface area is 210 Å². The quantitative estimate of drug-likeness (QED) is 0.362. The Hall–Kier alpha value is -3.50. The summed E-state index contributed by atoms with van der Waals surface area (Å²) in [5.74, 6) is 1.34. The van der Waals surface area contributed by atoms with E-state index in [0.29, 0.717) is 17.4 Å². The van der Waals surface area contributed by atoms with Gasteiger partial charge in [-0.1, -0.05) is 31.0 Å². The number of H-pyrrole nitrogens is 1. The van der Waals surface area contributed by atoms with Crippen molar-refractivity contribution in [3.05, 3.63) is 60.4 Å². The molecule has 0 bridgehead atoms. The van der Waals surface area contributed by atoms with Crippen molar-refractivity contribution in [2.75, 3.05) is 36.4 Å². The molecule has 9 nitrogen and oxygen atoms in total. The monoisotopic (exact) mass is 503 g/mol. The lowest BCUT2D eigenvalue weighted by Gasteiger charge is -2.29. The van der Waals surface area contributed by atoms with E-state index < -0.39 is 9.84 Å². The highest BCUT2D eigenvalue weighted by Crippen LogP contribution is 2.38. The Morgan fingerprint density at radius 3 is 2.47 bits per heavy atom. The molecular weight excluding hydrogens is 474 g/mol. The van der Waals surface area contributed by atoms with E-state index in [2.05, 4.69) is 36.6 Å². The molecule has 2 fully saturated rings. The fourth-order valence-corrected chi connectivity index (χ4v) is 6.40. The summed E-state index contributed by atoms with van der Waals surface area (Å²) in [6.45, 7) is 3.85. The minimum atomic E-state index is -3.69. The van der Waals surface area contributed by atoms with Crippen molar-refractivity contribution in [3.8, 4) is 0 Å². The maximum absolute atomic E-state index is 13.3. The van der Waals surface area contributed by atoms with Gasteiger partial charge in [0.1, 0.15) is 16.5 Å². The summed E-state index contributed by atoms with van der Waals surface area (Å²) in [7, 11) is -3.69. The van der Waals surface area contributed by atoms with Crippen LogP contribution in [0.3, 0.4) is 0 Å². The number of aromatic nitrogens is 4. The SMILES string of the molecule is O=S(=O)(c1ccccc1)c1cc2c(C3CCCC3)nc(Nc3ccc(N4CCNCC4)cn3)nc2[nH]1. The fraction of sp³-hybridized carbons (Fsp3) is 0.346. The number of pyridine rings is 1. The van der Waals surface area contributed by atoms with Crippen LogP contribution in [0.25, 0.3) is 11.0 Å². The summed E-state index contributed by atoms with van der Waals surface area (Å²) in [5, 5.41) is 7.50. The van der Waals surface area contributed by atoms with E-state index in [-0.39, 0.29) is 15.8 Å². The molecule has 1 saturated carbocycles. The van der Waals surface area contributed by atoms with Gasteiger partial charge in [0.05, 0.1) is 22.5 Å². The van der Waals surface area contributed by atoms with Crippen LogP contribution in [-0.2, 0) is 9.84 Å². The number of benzene rings is 1. The van der Waals surface area contributed by atoms with Gasteiger partial charge in [-0.15, -0.1) is 0 Å². The van der Waals surface area contributed by atoms with Gasteiger partial charge in [-0.3, -0.25) is 0 Å². The first-order valence-corrected chi connectivity index (χ1v) is 14.0. The largest absolute Gasteiger partial charge is 0.368 e. The molecule has 0 radical (unpaired) electrons. The number of aromatic amines is 1. The molecular formula is C26H29N7O2S. The summed E-state index contributed by atoms with van der Waals surface area (Å²) in [5.41, 5.74) is 2.50. The molecule has 0 amide bonds. The number of sulfone groups is 1. The molecule has 1 saturated heterocycles. The van der Waals surface area contributed by atoms with Crippen molar-refractivity contribution in [3.63, 3.8) is 0 Å². The van der Waals surface area contributed by atoms with Crippen LogP contribution in [0, 0.1) is 0 Å². The van der Waals surface area contributed by atoms with Gasteiger partial charge in [-0.05, 0) is 43.2 Å². The summed E-state index contributed by atoms with van der Waals surface area (Å²) in [6, 6.07) is 14.1. The molecule has 2 aliphatic rings. The van der Waals surface area contributed by atoms with Crippen LogP contribution >= 0.6 is 0 Å². The zero-order chi connectivity index (χ0) is 24.5. The molecule has 0 atom stereocenters. The van der Waals surface area contributed by atoms with Crippen LogP contribution in [0.1, 0.15) is 37.3 Å². The minimum absolute atomic E-state index is 0.132. The second kappa shape index (κ2) is 9.51. The molecule has 0 unspecified atom stereocenters. The number of hydrogen-bond acceptors (Lipinski definition) is 8. The first-order chi connectivity index (χ1) is 17.6. The Morgan fingerprint density at radius 1 is 0.972 bits per heavy atom. The van der Waals surface area contributed by atoms with Gasteiger partial charge in [0.15, 0.2) is 0 Å². The average molecular weight is 504 g/mol. The van der Waals surface area contributed by atoms with Crippen LogP contribution in [0.5, 0.6) is 0 Å². The number of hydrogen-bond donors (Lipinski definition) is 3. The molecule has 4 heterocycles. The molecule has 1 aliphatic carbocycles. The van der Waals surface area contributed by atoms with Gasteiger partial charge in [-0.2, -0.15) is 4.98 Å². The van der Waals surface area contributed by atoms with Crippen molar-refractivity contribution in [1.82, 2.24) is 25.3 Å². The van der Waals surface area contributed by atoms with Crippen molar-refractivity contribution in [2.24, 2.45) is 0 Å². The first kappa shape index (κ1) is 22.9. The fourth-order valence-electron chi connectivity index (χ4n) is 5.13. The Balaban J connectivity index is 1.34. The van der Waals surface area contributed by atoms with E-state index in [1.54, 1.807) is 36.4 Å². The van der Waals surface area contributed by atoms with Crippen LogP contribution < -0.4 is 15.5 Å². The predicted molar refractivity (Wildman–Crippen MR) is 140 cm³/mol. The number of nitrogens with one attached hydrogen (secondary N) is 3. The summed E-state index contributed by atoms with van der Waals surface area (Å²) < 4.78 is 26.5. The Kier molecular flexibility index (Phi) is 6.06. The van der Waals surface area contributed by atoms with Crippen molar-refractivity contribution in [2.45, 2.75) is 41.5 Å². The molecule has 1 aromatic carbocycles. The lowest BCUT2D eigenvalue weighted by molar-refractivity contribution is 0.589. The van der Waals surface area contributed by atoms with E-state index in [0.717, 1.165) is 68.6 Å². The maximum Gasteiger partial charge on any atom is 0.230 e. The van der Waals surface area contributed by atoms with Crippen molar-refractivity contribution < 1.29 is 8.42 Å². The zero-order valence-electron chi connectivity index (χ0n) is 19.9. The Morgan fingerprint density at radius 2 is 1.75 bits per heavy atom. The normalized spacial score (nSPS) is 17.1. The van der Waals surface area contributed by atoms with Gasteiger partial charge in [0, 0.05) is 37.5 Å². The molecule has 0 spiro atoms. The topological polar surface area (TPSA) is 116 Å². The lowest BCUT2D eigenvalue weighted by atomic mass is 10.0. The molecule has 3 N–H and O–H groups in total. The third-order valence-corrected chi connectivity index (χ3v) is 8.74. The van der Waals surface area contributed by atoms with Gasteiger partial charge in [0.2, 0.25) is 15.8 Å². The van der Waals surface area contributed by atoms with Gasteiger partial charge in [-0.25, -0.2) is 18.4 Å². The highest BCUT2D eigenvalue weighted by Gasteiger charge is 2.26. The second-order valence-electron chi connectivity index (χ2n) is 9.39. The molecule has 10 heteroatoms. The van der Waals surface area contributed by atoms with E-state index in [4.69, 9.17) is 4.98 Å². The highest BCUT2D eigenvalue weighted by atomic mass is 32.2. The molecule has 4 aromatic rings. The minimum Gasteiger partial charge on any atom is -0.368 e. The van der Waals surface area contributed by atoms with Gasteiger partial charge in [0.25, 0.3) is 0 Å². The number of fused-ring (bicyclic) bond motifs is 1. The molecule has 3 aromatic heterocycles. The van der Waals surface area contributed by atoms with Crippen LogP contribution in [-0.4, -0.2) is 54.5 Å². The van der Waals surface area contributed by atoms with Gasteiger partial charge < -0.3 is 20.5 Å². The van der Waals surface area contributed by atoms with Crippen molar-refractivity contribution in [1.29, 1.82) is 0 Å². The van der Waals surface area contributed by atoms with Crippen molar-refractivity contribution >= 4 is 38.3 Å². The lowest BCUT2D eigenvalue weighted by Crippen LogP contribution is -2.43. The highest BCUT2D eigenvalue weighted by molar-refractivity contribution is 7.91. The molecule has 6 rings (SSSR count). The predicted octanol–water partition coefficient (Wildman–Crippen LogP) is 4.00. The van der Waals surface area contributed by atoms with E-state index in [9.17, 15) is 8.42 Å². The van der Waals surface area contributed by atoms with Crippen LogP contribution in [0.15, 0.2) is 64.6 Å². The average Bonchev–Trinajstić information content (AvgIpc) is 3.61. The third kappa shape index (κ3) is 4.42. The maximum atomic E-state index is 13.3. The third-order valence-electron chi connectivity index (χ3n) is 7.05. The Bertz CT molecular complexity index is 1460. The number of piperazine rings is 1. The second-order valence-corrected chi connectivity index (χ2v) is 11.3. The summed E-state index contributed by atoms with van der Waals surface area (Å²) in [6.07, 6.45) is 6.23. The van der Waals surface area contributed by atoms with Crippen LogP contribution in [0.2, 0.25) is 0 Å². The van der Waals surface area contributed by atoms with E-state index >= 15 is 0 Å². The van der Waals surface area contributed by atoms with Crippen LogP contribution in [0.4, 0.5) is 17.5 Å². The summed E-state index contributed by atoms with van der Waals surface area (Å²) >= 11 is 0. The number of nitrogens with zero attached hydrogens (tertiary/aromatic N) is 4. The number of anilines is 3. The standard InChI is InChI=1S/C26H29N7O2S/c34-36(35,20-8-2-1-3-9-20)23-16-21-24(18-6-4-5-7-18)31-26(32-25(21)30-23)29-22-11-10-19(17-28-22)33-14-12-27-13-15-33/h1-3,8-11,16-18,27H,4-7,12-15H2,(H2,28,29,30,31,32). The van der Waals surface area contributed by atoms with E-state index in [1.165, 1.54) is 0 Å². The number of rotatable bonds is 6. The van der Waals surface area contributed by atoms with E-state index in [1.807, 2.05) is 12.3 Å². The molecule has 36 heavy (non-hydrogen) atoms. The smallest absolute Gasteiger partial charge is 0.230 e. The van der Waals surface area contributed by atoms with Gasteiger partial charge >= 0.3 is 0 Å².